The van der Waals surface area contributed by atoms with Crippen molar-refractivity contribution in [1.29, 1.82) is 0 Å². The first kappa shape index (κ1) is 18.2. The standard InChI is InChI=1S/C20H21F3O/c1-14-7-8-18(13-17(14)6-4-3-5-15(2)24)16-9-11-19(12-10-16)20(21,22)23/h7-13H,3-6H2,1-2H3. The van der Waals surface area contributed by atoms with Crippen LogP contribution in [0.15, 0.2) is 42.5 Å². The highest BCUT2D eigenvalue weighted by Gasteiger charge is 2.29. The van der Waals surface area contributed by atoms with E-state index in [9.17, 15) is 18.0 Å². The molecule has 2 aromatic carbocycles. The van der Waals surface area contributed by atoms with Gasteiger partial charge in [-0.25, -0.2) is 0 Å². The van der Waals surface area contributed by atoms with Gasteiger partial charge in [-0.15, -0.1) is 0 Å². The summed E-state index contributed by atoms with van der Waals surface area (Å²) in [5.41, 5.74) is 3.39. The molecule has 0 aliphatic rings. The minimum absolute atomic E-state index is 0.199. The third kappa shape index (κ3) is 4.95. The second-order valence-corrected chi connectivity index (χ2v) is 6.13. The fourth-order valence-electron chi connectivity index (χ4n) is 2.66. The van der Waals surface area contributed by atoms with Crippen molar-refractivity contribution in [1.82, 2.24) is 0 Å². The van der Waals surface area contributed by atoms with E-state index in [-0.39, 0.29) is 5.78 Å². The summed E-state index contributed by atoms with van der Waals surface area (Å²) in [6.07, 6.45) is -1.06. The third-order valence-corrected chi connectivity index (χ3v) is 4.12. The molecule has 0 radical (unpaired) electrons. The molecule has 0 saturated carbocycles. The van der Waals surface area contributed by atoms with Gasteiger partial charge in [-0.1, -0.05) is 30.3 Å². The lowest BCUT2D eigenvalue weighted by Gasteiger charge is -2.11. The number of benzene rings is 2. The first-order chi connectivity index (χ1) is 11.3. The quantitative estimate of drug-likeness (QED) is 0.594. The van der Waals surface area contributed by atoms with E-state index in [0.29, 0.717) is 6.42 Å². The average Bonchev–Trinajstić information content (AvgIpc) is 2.52. The predicted molar refractivity (Wildman–Crippen MR) is 89.9 cm³/mol. The number of ketones is 1. The van der Waals surface area contributed by atoms with Crippen molar-refractivity contribution in [3.63, 3.8) is 0 Å². The number of alkyl halides is 3. The van der Waals surface area contributed by atoms with Gasteiger partial charge in [0.1, 0.15) is 5.78 Å². The Morgan fingerprint density at radius 1 is 0.958 bits per heavy atom. The van der Waals surface area contributed by atoms with Crippen LogP contribution in [0.1, 0.15) is 42.9 Å². The zero-order valence-corrected chi connectivity index (χ0v) is 13.9. The Kier molecular flexibility index (Phi) is 5.81. The van der Waals surface area contributed by atoms with Gasteiger partial charge in [0.15, 0.2) is 0 Å². The number of rotatable bonds is 6. The van der Waals surface area contributed by atoms with E-state index in [4.69, 9.17) is 0 Å². The lowest BCUT2D eigenvalue weighted by Crippen LogP contribution is -2.04. The Morgan fingerprint density at radius 3 is 2.17 bits per heavy atom. The van der Waals surface area contributed by atoms with Crippen LogP contribution in [0.2, 0.25) is 0 Å². The van der Waals surface area contributed by atoms with Gasteiger partial charge in [0.2, 0.25) is 0 Å². The Labute approximate surface area is 140 Å². The third-order valence-electron chi connectivity index (χ3n) is 4.12. The summed E-state index contributed by atoms with van der Waals surface area (Å²) in [4.78, 5) is 11.0. The lowest BCUT2D eigenvalue weighted by atomic mass is 9.96. The maximum absolute atomic E-state index is 12.6. The van der Waals surface area contributed by atoms with Crippen molar-refractivity contribution in [2.45, 2.75) is 45.7 Å². The van der Waals surface area contributed by atoms with E-state index in [2.05, 4.69) is 0 Å². The Balaban J connectivity index is 2.13. The van der Waals surface area contributed by atoms with Crippen molar-refractivity contribution < 1.29 is 18.0 Å². The minimum Gasteiger partial charge on any atom is -0.300 e. The molecule has 1 nitrogen and oxygen atoms in total. The average molecular weight is 334 g/mol. The fraction of sp³-hybridized carbons (Fsp3) is 0.350. The second kappa shape index (κ2) is 7.65. The molecule has 2 rings (SSSR count). The number of hydrogen-bond acceptors (Lipinski definition) is 1. The number of carbonyl (C=O) groups excluding carboxylic acids is 1. The van der Waals surface area contributed by atoms with Gasteiger partial charge in [-0.3, -0.25) is 0 Å². The zero-order chi connectivity index (χ0) is 17.7. The molecule has 0 aromatic heterocycles. The Morgan fingerprint density at radius 2 is 1.58 bits per heavy atom. The van der Waals surface area contributed by atoms with Gasteiger partial charge in [-0.05, 0) is 67.5 Å². The van der Waals surface area contributed by atoms with E-state index in [1.165, 1.54) is 17.7 Å². The van der Waals surface area contributed by atoms with Crippen LogP contribution in [0, 0.1) is 6.92 Å². The summed E-state index contributed by atoms with van der Waals surface area (Å²) in [6, 6.07) is 11.2. The molecule has 24 heavy (non-hydrogen) atoms. The SMILES string of the molecule is CC(=O)CCCCc1cc(-c2ccc(C(F)(F)F)cc2)ccc1C. The van der Waals surface area contributed by atoms with Gasteiger partial charge in [-0.2, -0.15) is 13.2 Å². The van der Waals surface area contributed by atoms with E-state index < -0.39 is 11.7 Å². The predicted octanol–water partition coefficient (Wildman–Crippen LogP) is 5.98. The van der Waals surface area contributed by atoms with Gasteiger partial charge >= 0.3 is 6.18 Å². The van der Waals surface area contributed by atoms with Gasteiger partial charge < -0.3 is 4.79 Å². The molecule has 0 heterocycles. The number of halogens is 3. The maximum atomic E-state index is 12.6. The van der Waals surface area contributed by atoms with E-state index in [0.717, 1.165) is 48.1 Å². The van der Waals surface area contributed by atoms with Crippen molar-refractivity contribution in [3.05, 3.63) is 59.2 Å². The van der Waals surface area contributed by atoms with E-state index in [1.807, 2.05) is 25.1 Å². The molecule has 2 aromatic rings. The number of aryl methyl sites for hydroxylation is 2. The van der Waals surface area contributed by atoms with Crippen LogP contribution >= 0.6 is 0 Å². The molecule has 0 atom stereocenters. The van der Waals surface area contributed by atoms with Gasteiger partial charge in [0, 0.05) is 6.42 Å². The number of hydrogen-bond donors (Lipinski definition) is 0. The topological polar surface area (TPSA) is 17.1 Å². The molecule has 4 heteroatoms. The molecule has 0 fully saturated rings. The van der Waals surface area contributed by atoms with Crippen molar-refractivity contribution >= 4 is 5.78 Å². The first-order valence-corrected chi connectivity index (χ1v) is 8.04. The van der Waals surface area contributed by atoms with Crippen molar-refractivity contribution in [3.8, 4) is 11.1 Å². The molecule has 0 saturated heterocycles. The van der Waals surface area contributed by atoms with Crippen LogP contribution < -0.4 is 0 Å². The van der Waals surface area contributed by atoms with Crippen LogP contribution in [0.3, 0.4) is 0 Å². The van der Waals surface area contributed by atoms with Gasteiger partial charge in [0.05, 0.1) is 5.56 Å². The summed E-state index contributed by atoms with van der Waals surface area (Å²) in [7, 11) is 0. The molecule has 0 N–H and O–H groups in total. The zero-order valence-electron chi connectivity index (χ0n) is 13.9. The summed E-state index contributed by atoms with van der Waals surface area (Å²) in [5, 5.41) is 0. The van der Waals surface area contributed by atoms with Crippen LogP contribution in [0.5, 0.6) is 0 Å². The molecule has 128 valence electrons. The van der Waals surface area contributed by atoms with Gasteiger partial charge in [0.25, 0.3) is 0 Å². The number of unbranched alkanes of at least 4 members (excludes halogenated alkanes) is 1. The van der Waals surface area contributed by atoms with Crippen LogP contribution in [0.4, 0.5) is 13.2 Å². The minimum atomic E-state index is -4.31. The van der Waals surface area contributed by atoms with Crippen LogP contribution in [0.25, 0.3) is 11.1 Å². The fourth-order valence-corrected chi connectivity index (χ4v) is 2.66. The highest BCUT2D eigenvalue weighted by atomic mass is 19.4. The molecular weight excluding hydrogens is 313 g/mol. The molecular formula is C20H21F3O. The molecule has 0 aliphatic heterocycles. The lowest BCUT2D eigenvalue weighted by molar-refractivity contribution is -0.137. The van der Waals surface area contributed by atoms with Crippen LogP contribution in [-0.2, 0) is 17.4 Å². The normalized spacial score (nSPS) is 11.5. The Bertz CT molecular complexity index is 700. The summed E-state index contributed by atoms with van der Waals surface area (Å²) < 4.78 is 37.9. The number of Topliss-reactive ketones (excluding diaryl/α,β-unsaturated/α-hetero) is 1. The smallest absolute Gasteiger partial charge is 0.300 e. The second-order valence-electron chi connectivity index (χ2n) is 6.13. The van der Waals surface area contributed by atoms with E-state index >= 15 is 0 Å². The highest BCUT2D eigenvalue weighted by molar-refractivity contribution is 5.75. The van der Waals surface area contributed by atoms with Crippen molar-refractivity contribution in [2.75, 3.05) is 0 Å². The molecule has 0 spiro atoms. The molecule has 0 bridgehead atoms. The molecule has 0 aliphatic carbocycles. The monoisotopic (exact) mass is 334 g/mol. The molecule has 0 unspecified atom stereocenters. The highest BCUT2D eigenvalue weighted by Crippen LogP contribution is 2.31. The summed E-state index contributed by atoms with van der Waals surface area (Å²) >= 11 is 0. The first-order valence-electron chi connectivity index (χ1n) is 8.04. The molecule has 0 amide bonds. The van der Waals surface area contributed by atoms with E-state index in [1.54, 1.807) is 6.92 Å². The largest absolute Gasteiger partial charge is 0.416 e. The van der Waals surface area contributed by atoms with Crippen LogP contribution in [-0.4, -0.2) is 5.78 Å². The van der Waals surface area contributed by atoms with Crippen molar-refractivity contribution in [2.24, 2.45) is 0 Å². The summed E-state index contributed by atoms with van der Waals surface area (Å²) in [5.74, 6) is 0.199. The maximum Gasteiger partial charge on any atom is 0.416 e. The Hall–Kier alpha value is -2.10. The number of carbonyl (C=O) groups is 1. The summed E-state index contributed by atoms with van der Waals surface area (Å²) in [6.45, 7) is 3.62.